The largest absolute Gasteiger partial charge is 0.462 e. The summed E-state index contributed by atoms with van der Waals surface area (Å²) in [4.78, 5) is 24.2. The van der Waals surface area contributed by atoms with E-state index >= 15 is 0 Å². The van der Waals surface area contributed by atoms with E-state index in [2.05, 4.69) is 86.8 Å². The van der Waals surface area contributed by atoms with E-state index in [0.29, 0.717) is 12.8 Å². The SMILES string of the molecule is CCC=CCC=CCC=CCC=CCC=CCC=CCCC(=O)O[C@@H](CO)COC(=O)CCCCCCCC=CCCCCCCCC. The van der Waals surface area contributed by atoms with Crippen molar-refractivity contribution in [3.63, 3.8) is 0 Å². The quantitative estimate of drug-likeness (QED) is 0.0429. The number of carbonyl (C=O) groups is 2. The van der Waals surface area contributed by atoms with Gasteiger partial charge < -0.3 is 14.6 Å². The van der Waals surface area contributed by atoms with Crippen molar-refractivity contribution < 1.29 is 24.2 Å². The molecule has 0 unspecified atom stereocenters. The zero-order chi connectivity index (χ0) is 35.0. The van der Waals surface area contributed by atoms with Gasteiger partial charge in [0.2, 0.25) is 0 Å². The normalized spacial score (nSPS) is 13.1. The first-order valence-corrected chi connectivity index (χ1v) is 19.1. The molecule has 5 heteroatoms. The topological polar surface area (TPSA) is 72.8 Å². The Morgan fingerprint density at radius 2 is 0.938 bits per heavy atom. The van der Waals surface area contributed by atoms with E-state index in [1.165, 1.54) is 57.8 Å². The van der Waals surface area contributed by atoms with Crippen LogP contribution in [0.2, 0.25) is 0 Å². The van der Waals surface area contributed by atoms with E-state index in [4.69, 9.17) is 9.47 Å². The fraction of sp³-hybridized carbons (Fsp3) is 0.628. The third-order valence-electron chi connectivity index (χ3n) is 7.69. The lowest BCUT2D eigenvalue weighted by Crippen LogP contribution is -2.28. The third kappa shape index (κ3) is 35.9. The highest BCUT2D eigenvalue weighted by Crippen LogP contribution is 2.11. The molecule has 0 rings (SSSR count). The van der Waals surface area contributed by atoms with Crippen LogP contribution in [0.1, 0.15) is 155 Å². The van der Waals surface area contributed by atoms with Gasteiger partial charge in [-0.15, -0.1) is 0 Å². The number of allylic oxidation sites excluding steroid dienone is 14. The van der Waals surface area contributed by atoms with Crippen molar-refractivity contribution >= 4 is 11.9 Å². The maximum absolute atomic E-state index is 12.1. The lowest BCUT2D eigenvalue weighted by molar-refractivity contribution is -0.161. The summed E-state index contributed by atoms with van der Waals surface area (Å²) < 4.78 is 10.5. The standard InChI is InChI=1S/C43H70O5/c1-3-5-7-9-11-13-15-17-19-20-21-22-24-26-28-30-32-34-36-38-43(46)48-41(39-44)40-47-42(45)37-35-33-31-29-27-25-23-18-16-14-12-10-8-6-4-2/h5,7,11,13,17-19,21-23,26,28,32,34,41,44H,3-4,6,8-10,12,14-16,20,24-25,27,29-31,33,35-40H2,1-2H3/t41-/m0/s1. The number of carbonyl (C=O) groups excluding carboxylic acids is 2. The van der Waals surface area contributed by atoms with Crippen molar-refractivity contribution in [3.8, 4) is 0 Å². The van der Waals surface area contributed by atoms with Crippen LogP contribution in [0.4, 0.5) is 0 Å². The number of hydrogen-bond donors (Lipinski definition) is 1. The van der Waals surface area contributed by atoms with E-state index in [0.717, 1.165) is 64.2 Å². The van der Waals surface area contributed by atoms with Crippen molar-refractivity contribution in [1.29, 1.82) is 0 Å². The van der Waals surface area contributed by atoms with Crippen LogP contribution < -0.4 is 0 Å². The first-order chi connectivity index (χ1) is 23.6. The molecule has 0 fully saturated rings. The van der Waals surface area contributed by atoms with Crippen LogP contribution in [-0.2, 0) is 19.1 Å². The first kappa shape index (κ1) is 45.1. The molecule has 0 radical (unpaired) electrons. The van der Waals surface area contributed by atoms with Gasteiger partial charge in [-0.05, 0) is 77.0 Å². The number of ether oxygens (including phenoxy) is 2. The molecule has 0 aliphatic rings. The average molecular weight is 667 g/mol. The molecule has 0 saturated carbocycles. The molecule has 5 nitrogen and oxygen atoms in total. The van der Waals surface area contributed by atoms with Gasteiger partial charge >= 0.3 is 11.9 Å². The minimum atomic E-state index is -0.819. The van der Waals surface area contributed by atoms with E-state index < -0.39 is 12.1 Å². The second kappa shape index (κ2) is 38.5. The predicted molar refractivity (Wildman–Crippen MR) is 205 cm³/mol. The maximum Gasteiger partial charge on any atom is 0.306 e. The van der Waals surface area contributed by atoms with Crippen LogP contribution in [-0.4, -0.2) is 36.4 Å². The fourth-order valence-corrected chi connectivity index (χ4v) is 4.81. The molecule has 0 bridgehead atoms. The number of rotatable bonds is 33. The van der Waals surface area contributed by atoms with Crippen molar-refractivity contribution in [2.75, 3.05) is 13.2 Å². The second-order valence-corrected chi connectivity index (χ2v) is 12.3. The number of unbranched alkanes of at least 4 members (excludes halogenated alkanes) is 11. The molecule has 272 valence electrons. The lowest BCUT2D eigenvalue weighted by Gasteiger charge is -2.15. The summed E-state index contributed by atoms with van der Waals surface area (Å²) in [6.45, 7) is 3.93. The van der Waals surface area contributed by atoms with Gasteiger partial charge in [0.15, 0.2) is 6.10 Å². The second-order valence-electron chi connectivity index (χ2n) is 12.3. The Balaban J connectivity index is 3.74. The van der Waals surface area contributed by atoms with Crippen LogP contribution in [0.5, 0.6) is 0 Å². The lowest BCUT2D eigenvalue weighted by atomic mass is 10.1. The van der Waals surface area contributed by atoms with Crippen molar-refractivity contribution in [1.82, 2.24) is 0 Å². The summed E-state index contributed by atoms with van der Waals surface area (Å²) in [5.74, 6) is -0.706. The van der Waals surface area contributed by atoms with Gasteiger partial charge in [0.05, 0.1) is 6.61 Å². The fourth-order valence-electron chi connectivity index (χ4n) is 4.81. The van der Waals surface area contributed by atoms with Gasteiger partial charge in [-0.1, -0.05) is 150 Å². The molecule has 0 aromatic rings. The summed E-state index contributed by atoms with van der Waals surface area (Å²) in [5.41, 5.74) is 0. The van der Waals surface area contributed by atoms with Gasteiger partial charge in [-0.3, -0.25) is 9.59 Å². The Kier molecular flexibility index (Phi) is 36.2. The van der Waals surface area contributed by atoms with E-state index in [1.54, 1.807) is 0 Å². The number of aliphatic hydroxyl groups is 1. The molecule has 0 amide bonds. The van der Waals surface area contributed by atoms with Gasteiger partial charge in [-0.25, -0.2) is 0 Å². The van der Waals surface area contributed by atoms with Crippen LogP contribution in [0.25, 0.3) is 0 Å². The third-order valence-corrected chi connectivity index (χ3v) is 7.69. The highest BCUT2D eigenvalue weighted by Gasteiger charge is 2.15. The number of esters is 2. The van der Waals surface area contributed by atoms with Crippen LogP contribution in [0.3, 0.4) is 0 Å². The Hall–Kier alpha value is -2.92. The molecule has 1 N–H and O–H groups in total. The number of aliphatic hydroxyl groups excluding tert-OH is 1. The van der Waals surface area contributed by atoms with Crippen LogP contribution in [0, 0.1) is 0 Å². The number of hydrogen-bond acceptors (Lipinski definition) is 5. The Bertz CT molecular complexity index is 937. The van der Waals surface area contributed by atoms with E-state index in [9.17, 15) is 14.7 Å². The first-order valence-electron chi connectivity index (χ1n) is 19.1. The molecule has 1 atom stereocenters. The highest BCUT2D eigenvalue weighted by molar-refractivity contribution is 5.70. The molecule has 0 aromatic carbocycles. The monoisotopic (exact) mass is 667 g/mol. The van der Waals surface area contributed by atoms with Gasteiger partial charge in [-0.2, -0.15) is 0 Å². The molecule has 48 heavy (non-hydrogen) atoms. The van der Waals surface area contributed by atoms with Gasteiger partial charge in [0, 0.05) is 12.8 Å². The molecule has 0 heterocycles. The molecular weight excluding hydrogens is 596 g/mol. The minimum Gasteiger partial charge on any atom is -0.462 e. The van der Waals surface area contributed by atoms with Crippen molar-refractivity contribution in [3.05, 3.63) is 85.1 Å². The van der Waals surface area contributed by atoms with Crippen LogP contribution in [0.15, 0.2) is 85.1 Å². The summed E-state index contributed by atoms with van der Waals surface area (Å²) in [5, 5.41) is 9.53. The summed E-state index contributed by atoms with van der Waals surface area (Å²) in [7, 11) is 0. The smallest absolute Gasteiger partial charge is 0.306 e. The highest BCUT2D eigenvalue weighted by atomic mass is 16.6. The molecule has 0 aliphatic carbocycles. The molecule has 0 aliphatic heterocycles. The Morgan fingerprint density at radius 1 is 0.500 bits per heavy atom. The van der Waals surface area contributed by atoms with E-state index in [-0.39, 0.29) is 25.6 Å². The van der Waals surface area contributed by atoms with E-state index in [1.807, 2.05) is 12.2 Å². The van der Waals surface area contributed by atoms with Crippen LogP contribution >= 0.6 is 0 Å². The Morgan fingerprint density at radius 3 is 1.44 bits per heavy atom. The Labute approximate surface area is 295 Å². The van der Waals surface area contributed by atoms with Crippen molar-refractivity contribution in [2.45, 2.75) is 161 Å². The molecule has 0 saturated heterocycles. The molecular formula is C43H70O5. The summed E-state index contributed by atoms with van der Waals surface area (Å²) >= 11 is 0. The van der Waals surface area contributed by atoms with Gasteiger partial charge in [0.25, 0.3) is 0 Å². The van der Waals surface area contributed by atoms with Gasteiger partial charge in [0.1, 0.15) is 6.61 Å². The summed E-state index contributed by atoms with van der Waals surface area (Å²) in [6, 6.07) is 0. The maximum atomic E-state index is 12.1. The molecule has 0 aromatic heterocycles. The van der Waals surface area contributed by atoms with Crippen molar-refractivity contribution in [2.24, 2.45) is 0 Å². The predicted octanol–water partition coefficient (Wildman–Crippen LogP) is 11.9. The summed E-state index contributed by atoms with van der Waals surface area (Å²) in [6.07, 6.45) is 52.2. The molecule has 0 spiro atoms. The zero-order valence-electron chi connectivity index (χ0n) is 30.7. The minimum absolute atomic E-state index is 0.105. The zero-order valence-corrected chi connectivity index (χ0v) is 30.7. The average Bonchev–Trinajstić information content (AvgIpc) is 3.09.